The van der Waals surface area contributed by atoms with Gasteiger partial charge in [0.05, 0.1) is 6.61 Å². The van der Waals surface area contributed by atoms with E-state index in [9.17, 15) is 9.18 Å². The molecule has 0 bridgehead atoms. The van der Waals surface area contributed by atoms with Crippen LogP contribution in [0.25, 0.3) is 0 Å². The summed E-state index contributed by atoms with van der Waals surface area (Å²) < 4.78 is 16.0. The van der Waals surface area contributed by atoms with Gasteiger partial charge in [-0.05, 0) is 6.92 Å². The predicted octanol–water partition coefficient (Wildman–Crippen LogP) is 1.85. The molecule has 0 aromatic carbocycles. The van der Waals surface area contributed by atoms with Gasteiger partial charge >= 0.3 is 5.97 Å². The zero-order valence-electron chi connectivity index (χ0n) is 6.91. The minimum atomic E-state index is -0.366. The van der Waals surface area contributed by atoms with Crippen LogP contribution in [0.5, 0.6) is 0 Å². The third-order valence-corrected chi connectivity index (χ3v) is 1.31. The van der Waals surface area contributed by atoms with Gasteiger partial charge < -0.3 is 4.74 Å². The lowest BCUT2D eigenvalue weighted by Crippen LogP contribution is -1.95. The first-order chi connectivity index (χ1) is 5.66. The van der Waals surface area contributed by atoms with Gasteiger partial charge in [0.15, 0.2) is 0 Å². The standard InChI is InChI=1S/C4H8O2.C3H2FNS/c1-3-6-4(2)5;4-3-5-1-2-6-3/h3H2,1-2H3;1-2H. The molecule has 0 amide bonds. The van der Waals surface area contributed by atoms with E-state index >= 15 is 0 Å². The molecule has 0 radical (unpaired) electrons. The first kappa shape index (κ1) is 11.0. The van der Waals surface area contributed by atoms with Crippen LogP contribution in [0, 0.1) is 5.26 Å². The van der Waals surface area contributed by atoms with Crippen molar-refractivity contribution in [3.63, 3.8) is 0 Å². The van der Waals surface area contributed by atoms with E-state index in [4.69, 9.17) is 0 Å². The van der Waals surface area contributed by atoms with E-state index in [2.05, 4.69) is 9.72 Å². The van der Waals surface area contributed by atoms with Crippen LogP contribution in [0.1, 0.15) is 13.8 Å². The average Bonchev–Trinajstić information content (AvgIpc) is 2.40. The number of carbonyl (C=O) groups is 1. The molecule has 5 heteroatoms. The number of carbonyl (C=O) groups excluding carboxylic acids is 1. The third-order valence-electron chi connectivity index (χ3n) is 0.750. The molecule has 3 nitrogen and oxygen atoms in total. The largest absolute Gasteiger partial charge is 0.466 e. The fraction of sp³-hybridized carbons (Fsp3) is 0.429. The second kappa shape index (κ2) is 6.72. The van der Waals surface area contributed by atoms with Gasteiger partial charge in [0.1, 0.15) is 0 Å². The lowest BCUT2D eigenvalue weighted by Gasteiger charge is -1.89. The Bertz CT molecular complexity index is 213. The number of rotatable bonds is 1. The number of ether oxygens (including phenoxy) is 1. The Morgan fingerprint density at radius 2 is 2.50 bits per heavy atom. The molecule has 1 rings (SSSR count). The van der Waals surface area contributed by atoms with Gasteiger partial charge in [-0.15, -0.1) is 0 Å². The Morgan fingerprint density at radius 1 is 1.83 bits per heavy atom. The molecule has 0 atom stereocenters. The van der Waals surface area contributed by atoms with Crippen molar-refractivity contribution >= 4 is 17.3 Å². The van der Waals surface area contributed by atoms with E-state index in [0.29, 0.717) is 6.61 Å². The fourth-order valence-electron chi connectivity index (χ4n) is 0.409. The predicted molar refractivity (Wildman–Crippen MR) is 44.4 cm³/mol. The van der Waals surface area contributed by atoms with Crippen LogP contribution in [-0.2, 0) is 9.53 Å². The van der Waals surface area contributed by atoms with Gasteiger partial charge in [0.2, 0.25) is 0 Å². The lowest BCUT2D eigenvalue weighted by atomic mass is 10.8. The summed E-state index contributed by atoms with van der Waals surface area (Å²) >= 11 is 1.000. The molecule has 0 saturated carbocycles. The minimum Gasteiger partial charge on any atom is -0.466 e. The number of hydrogen-bond donors (Lipinski definition) is 0. The summed E-state index contributed by atoms with van der Waals surface area (Å²) in [6, 6.07) is 0. The molecular weight excluding hydrogens is 181 g/mol. The number of esters is 1. The highest BCUT2D eigenvalue weighted by Gasteiger charge is 1.82. The Kier molecular flexibility index (Phi) is 6.18. The molecule has 0 saturated heterocycles. The van der Waals surface area contributed by atoms with Gasteiger partial charge in [-0.25, -0.2) is 4.98 Å². The van der Waals surface area contributed by atoms with Crippen LogP contribution in [-0.4, -0.2) is 17.6 Å². The Labute approximate surface area is 74.2 Å². The second-order valence-electron chi connectivity index (χ2n) is 1.71. The van der Waals surface area contributed by atoms with E-state index in [1.807, 2.05) is 0 Å². The van der Waals surface area contributed by atoms with Crippen molar-refractivity contribution < 1.29 is 13.9 Å². The molecule has 0 N–H and O–H groups in total. The maximum atomic E-state index is 11.6. The molecule has 0 unspecified atom stereocenters. The quantitative estimate of drug-likeness (QED) is 0.636. The Hall–Kier alpha value is -0.970. The average molecular weight is 191 g/mol. The zero-order valence-corrected chi connectivity index (χ0v) is 7.73. The fourth-order valence-corrected chi connectivity index (χ4v) is 0.765. The highest BCUT2D eigenvalue weighted by Crippen LogP contribution is 1.97. The molecular formula is C7H10FNO2S. The van der Waals surface area contributed by atoms with E-state index in [1.54, 1.807) is 12.3 Å². The molecule has 1 heterocycles. The number of nitrogens with zero attached hydrogens (tertiary/aromatic N) is 1. The minimum absolute atomic E-state index is 0.211. The molecule has 0 aliphatic rings. The van der Waals surface area contributed by atoms with Crippen molar-refractivity contribution in [3.05, 3.63) is 16.8 Å². The van der Waals surface area contributed by atoms with Gasteiger partial charge in [-0.3, -0.25) is 4.79 Å². The number of thiazole rings is 1. The topological polar surface area (TPSA) is 39.2 Å². The van der Waals surface area contributed by atoms with Crippen molar-refractivity contribution in [3.8, 4) is 0 Å². The summed E-state index contributed by atoms with van der Waals surface area (Å²) in [6.45, 7) is 3.65. The molecule has 1 aromatic rings. The van der Waals surface area contributed by atoms with Crippen molar-refractivity contribution in [1.29, 1.82) is 0 Å². The Balaban J connectivity index is 0.000000202. The smallest absolute Gasteiger partial charge is 0.302 e. The molecule has 0 aliphatic heterocycles. The van der Waals surface area contributed by atoms with Gasteiger partial charge in [0.25, 0.3) is 5.26 Å². The van der Waals surface area contributed by atoms with Crippen molar-refractivity contribution in [1.82, 2.24) is 4.98 Å². The lowest BCUT2D eigenvalue weighted by molar-refractivity contribution is -0.140. The summed E-state index contributed by atoms with van der Waals surface area (Å²) in [5.41, 5.74) is 0. The SMILES string of the molecule is CCOC(C)=O.Fc1nccs1. The molecule has 1 aromatic heterocycles. The summed E-state index contributed by atoms with van der Waals surface area (Å²) in [6.07, 6.45) is 1.43. The molecule has 0 fully saturated rings. The van der Waals surface area contributed by atoms with Gasteiger partial charge in [-0.2, -0.15) is 4.39 Å². The van der Waals surface area contributed by atoms with Crippen molar-refractivity contribution in [2.24, 2.45) is 0 Å². The van der Waals surface area contributed by atoms with Crippen LogP contribution in [0.15, 0.2) is 11.6 Å². The van der Waals surface area contributed by atoms with Crippen molar-refractivity contribution in [2.45, 2.75) is 13.8 Å². The van der Waals surface area contributed by atoms with Crippen LogP contribution < -0.4 is 0 Å². The van der Waals surface area contributed by atoms with Crippen LogP contribution in [0.2, 0.25) is 0 Å². The second-order valence-corrected chi connectivity index (χ2v) is 2.55. The molecule has 0 aliphatic carbocycles. The zero-order chi connectivity index (χ0) is 9.40. The van der Waals surface area contributed by atoms with Gasteiger partial charge in [-0.1, -0.05) is 11.3 Å². The monoisotopic (exact) mass is 191 g/mol. The highest BCUT2D eigenvalue weighted by atomic mass is 32.1. The summed E-state index contributed by atoms with van der Waals surface area (Å²) in [7, 11) is 0. The number of hydrogen-bond acceptors (Lipinski definition) is 4. The van der Waals surface area contributed by atoms with Crippen molar-refractivity contribution in [2.75, 3.05) is 6.61 Å². The van der Waals surface area contributed by atoms with E-state index < -0.39 is 0 Å². The molecule has 12 heavy (non-hydrogen) atoms. The molecule has 68 valence electrons. The van der Waals surface area contributed by atoms with Crippen LogP contribution in [0.3, 0.4) is 0 Å². The summed E-state index contributed by atoms with van der Waals surface area (Å²) in [4.78, 5) is 13.1. The summed E-state index contributed by atoms with van der Waals surface area (Å²) in [5.74, 6) is -0.211. The highest BCUT2D eigenvalue weighted by molar-refractivity contribution is 7.07. The normalized spacial score (nSPS) is 8.25. The first-order valence-electron chi connectivity index (χ1n) is 3.35. The van der Waals surface area contributed by atoms with Crippen LogP contribution >= 0.6 is 11.3 Å². The molecule has 0 spiro atoms. The summed E-state index contributed by atoms with van der Waals surface area (Å²) in [5, 5.41) is 1.23. The van der Waals surface area contributed by atoms with E-state index in [0.717, 1.165) is 11.3 Å². The number of aromatic nitrogens is 1. The Morgan fingerprint density at radius 3 is 2.58 bits per heavy atom. The third kappa shape index (κ3) is 7.14. The van der Waals surface area contributed by atoms with Gasteiger partial charge in [0, 0.05) is 18.5 Å². The number of halogens is 1. The maximum absolute atomic E-state index is 11.6. The maximum Gasteiger partial charge on any atom is 0.302 e. The van der Waals surface area contributed by atoms with E-state index in [1.165, 1.54) is 13.1 Å². The van der Waals surface area contributed by atoms with Crippen LogP contribution in [0.4, 0.5) is 4.39 Å². The van der Waals surface area contributed by atoms with E-state index in [-0.39, 0.29) is 11.2 Å². The first-order valence-corrected chi connectivity index (χ1v) is 4.23.